The van der Waals surface area contributed by atoms with E-state index in [1.807, 2.05) is 12.3 Å². The van der Waals surface area contributed by atoms with Crippen LogP contribution in [0.4, 0.5) is 5.95 Å². The second-order valence-corrected chi connectivity index (χ2v) is 8.23. The lowest BCUT2D eigenvalue weighted by molar-refractivity contribution is -0.121. The second-order valence-electron chi connectivity index (χ2n) is 7.82. The molecule has 152 valence electrons. The van der Waals surface area contributed by atoms with Gasteiger partial charge in [0.25, 0.3) is 0 Å². The molecule has 1 atom stereocenters. The summed E-state index contributed by atoms with van der Waals surface area (Å²) in [4.78, 5) is 23.9. The minimum absolute atomic E-state index is 0.0527. The molecule has 2 fully saturated rings. The zero-order chi connectivity index (χ0) is 19.8. The maximum atomic E-state index is 12.6. The van der Waals surface area contributed by atoms with Gasteiger partial charge in [0.1, 0.15) is 13.2 Å². The highest BCUT2D eigenvalue weighted by molar-refractivity contribution is 6.31. The van der Waals surface area contributed by atoms with Crippen LogP contribution in [-0.4, -0.2) is 48.2 Å². The van der Waals surface area contributed by atoms with Gasteiger partial charge >= 0.3 is 0 Å². The highest BCUT2D eigenvalue weighted by atomic mass is 35.5. The van der Waals surface area contributed by atoms with Crippen LogP contribution < -0.4 is 19.7 Å². The van der Waals surface area contributed by atoms with Crippen molar-refractivity contribution in [3.63, 3.8) is 0 Å². The minimum Gasteiger partial charge on any atom is -0.486 e. The third kappa shape index (κ3) is 4.10. The van der Waals surface area contributed by atoms with Gasteiger partial charge in [0.2, 0.25) is 11.9 Å². The third-order valence-electron chi connectivity index (χ3n) is 5.56. The Balaban J connectivity index is 1.19. The average molecular weight is 415 g/mol. The van der Waals surface area contributed by atoms with Crippen molar-refractivity contribution in [2.24, 2.45) is 0 Å². The number of nitrogens with one attached hydrogen (secondary N) is 1. The van der Waals surface area contributed by atoms with Crippen LogP contribution >= 0.6 is 11.6 Å². The Morgan fingerprint density at radius 3 is 2.79 bits per heavy atom. The first-order valence-electron chi connectivity index (χ1n) is 10.1. The summed E-state index contributed by atoms with van der Waals surface area (Å²) in [7, 11) is 0. The molecule has 1 aliphatic carbocycles. The van der Waals surface area contributed by atoms with Gasteiger partial charge in [-0.05, 0) is 37.0 Å². The van der Waals surface area contributed by atoms with Crippen molar-refractivity contribution in [2.45, 2.75) is 37.6 Å². The van der Waals surface area contributed by atoms with E-state index in [-0.39, 0.29) is 18.4 Å². The molecule has 1 N–H and O–H groups in total. The van der Waals surface area contributed by atoms with Crippen LogP contribution in [0, 0.1) is 0 Å². The molecule has 29 heavy (non-hydrogen) atoms. The first-order valence-corrected chi connectivity index (χ1v) is 10.5. The Morgan fingerprint density at radius 1 is 1.21 bits per heavy atom. The lowest BCUT2D eigenvalue weighted by Crippen LogP contribution is -2.38. The Kier molecular flexibility index (Phi) is 4.91. The van der Waals surface area contributed by atoms with Crippen molar-refractivity contribution in [3.8, 4) is 11.5 Å². The third-order valence-corrected chi connectivity index (χ3v) is 5.91. The minimum atomic E-state index is -0.0527. The van der Waals surface area contributed by atoms with Gasteiger partial charge in [0.05, 0.1) is 6.42 Å². The molecule has 2 aliphatic heterocycles. The quantitative estimate of drug-likeness (QED) is 0.810. The molecular weight excluding hydrogens is 392 g/mol. The van der Waals surface area contributed by atoms with Crippen LogP contribution in [0.5, 0.6) is 11.5 Å². The van der Waals surface area contributed by atoms with Crippen molar-refractivity contribution >= 4 is 23.5 Å². The maximum Gasteiger partial charge on any atom is 0.225 e. The van der Waals surface area contributed by atoms with Gasteiger partial charge in [-0.15, -0.1) is 0 Å². The summed E-state index contributed by atoms with van der Waals surface area (Å²) in [6.07, 6.45) is 5.36. The van der Waals surface area contributed by atoms with Gasteiger partial charge in [0.15, 0.2) is 11.5 Å². The summed E-state index contributed by atoms with van der Waals surface area (Å²) in [5.74, 6) is 2.59. The van der Waals surface area contributed by atoms with Crippen molar-refractivity contribution in [1.29, 1.82) is 0 Å². The van der Waals surface area contributed by atoms with Crippen molar-refractivity contribution in [1.82, 2.24) is 15.3 Å². The van der Waals surface area contributed by atoms with Crippen LogP contribution in [0.15, 0.2) is 24.4 Å². The van der Waals surface area contributed by atoms with Gasteiger partial charge in [-0.25, -0.2) is 9.97 Å². The topological polar surface area (TPSA) is 76.6 Å². The van der Waals surface area contributed by atoms with Gasteiger partial charge in [-0.3, -0.25) is 4.79 Å². The number of anilines is 1. The summed E-state index contributed by atoms with van der Waals surface area (Å²) >= 11 is 6.33. The number of nitrogens with zero attached hydrogens (tertiary/aromatic N) is 3. The molecule has 7 nitrogen and oxygen atoms in total. The van der Waals surface area contributed by atoms with E-state index in [4.69, 9.17) is 26.1 Å². The molecule has 0 radical (unpaired) electrons. The van der Waals surface area contributed by atoms with E-state index in [1.54, 1.807) is 12.1 Å². The summed E-state index contributed by atoms with van der Waals surface area (Å²) in [6.45, 7) is 2.56. The van der Waals surface area contributed by atoms with Crippen LogP contribution in [0.2, 0.25) is 5.02 Å². The molecule has 8 heteroatoms. The smallest absolute Gasteiger partial charge is 0.225 e. The monoisotopic (exact) mass is 414 g/mol. The Bertz CT molecular complexity index is 934. The normalized spacial score (nSPS) is 20.6. The lowest BCUT2D eigenvalue weighted by atomic mass is 10.1. The molecule has 3 heterocycles. The van der Waals surface area contributed by atoms with Gasteiger partial charge in [0, 0.05) is 48.0 Å². The number of carbonyl (C=O) groups excluding carboxylic acids is 1. The Morgan fingerprint density at radius 2 is 2.00 bits per heavy atom. The fourth-order valence-corrected chi connectivity index (χ4v) is 4.09. The average Bonchev–Trinajstić information content (AvgIpc) is 3.48. The number of halogens is 1. The predicted molar refractivity (Wildman–Crippen MR) is 109 cm³/mol. The van der Waals surface area contributed by atoms with Crippen LogP contribution in [0.25, 0.3) is 0 Å². The highest BCUT2D eigenvalue weighted by Gasteiger charge is 2.29. The fraction of sp³-hybridized carbons (Fsp3) is 0.476. The lowest BCUT2D eigenvalue weighted by Gasteiger charge is -2.20. The van der Waals surface area contributed by atoms with E-state index < -0.39 is 0 Å². The molecule has 1 saturated carbocycles. The molecule has 1 saturated heterocycles. The second kappa shape index (κ2) is 7.71. The number of fused-ring (bicyclic) bond motifs is 1. The van der Waals surface area contributed by atoms with Crippen LogP contribution in [0.1, 0.15) is 36.4 Å². The number of rotatable bonds is 5. The van der Waals surface area contributed by atoms with E-state index in [1.165, 1.54) is 12.8 Å². The zero-order valence-corrected chi connectivity index (χ0v) is 16.8. The predicted octanol–water partition coefficient (Wildman–Crippen LogP) is 2.72. The maximum absolute atomic E-state index is 12.6. The van der Waals surface area contributed by atoms with Crippen LogP contribution in [0.3, 0.4) is 0 Å². The fourth-order valence-electron chi connectivity index (χ4n) is 3.87. The summed E-state index contributed by atoms with van der Waals surface area (Å²) < 4.78 is 11.1. The molecule has 1 aromatic carbocycles. The SMILES string of the molecule is O=C(Cc1cc2c(cc1Cl)OCCO2)NC1CCN(c2nccc(C3CC3)n2)C1. The van der Waals surface area contributed by atoms with E-state index in [2.05, 4.69) is 15.2 Å². The van der Waals surface area contributed by atoms with Crippen molar-refractivity contribution in [3.05, 3.63) is 40.7 Å². The van der Waals surface area contributed by atoms with Gasteiger partial charge in [-0.1, -0.05) is 11.6 Å². The molecule has 5 rings (SSSR count). The van der Waals surface area contributed by atoms with Gasteiger partial charge < -0.3 is 19.7 Å². The highest BCUT2D eigenvalue weighted by Crippen LogP contribution is 2.39. The molecule has 1 unspecified atom stereocenters. The Labute approximate surface area is 174 Å². The molecule has 1 amide bonds. The molecule has 0 spiro atoms. The van der Waals surface area contributed by atoms with Gasteiger partial charge in [-0.2, -0.15) is 0 Å². The number of hydrogen-bond donors (Lipinski definition) is 1. The number of aromatic nitrogens is 2. The van der Waals surface area contributed by atoms with Crippen molar-refractivity contribution in [2.75, 3.05) is 31.2 Å². The number of carbonyl (C=O) groups is 1. The number of ether oxygens (including phenoxy) is 2. The molecule has 0 bridgehead atoms. The van der Waals surface area contributed by atoms with Crippen LogP contribution in [-0.2, 0) is 11.2 Å². The molecule has 2 aromatic rings. The number of amides is 1. The van der Waals surface area contributed by atoms with E-state index in [0.717, 1.165) is 30.2 Å². The van der Waals surface area contributed by atoms with E-state index in [9.17, 15) is 4.79 Å². The zero-order valence-electron chi connectivity index (χ0n) is 16.1. The molecular formula is C21H23ClN4O3. The first-order chi connectivity index (χ1) is 14.2. The molecule has 1 aromatic heterocycles. The number of hydrogen-bond acceptors (Lipinski definition) is 6. The molecule has 3 aliphatic rings. The van der Waals surface area contributed by atoms with E-state index in [0.29, 0.717) is 42.2 Å². The van der Waals surface area contributed by atoms with Crippen molar-refractivity contribution < 1.29 is 14.3 Å². The van der Waals surface area contributed by atoms with E-state index >= 15 is 0 Å². The first kappa shape index (κ1) is 18.5. The Hall–Kier alpha value is -2.54. The standard InChI is InChI=1S/C21H23ClN4O3/c22-16-11-19-18(28-7-8-29-19)9-14(16)10-20(27)24-15-4-6-26(12-15)21-23-5-3-17(25-21)13-1-2-13/h3,5,9,11,13,15H,1-2,4,6-8,10,12H2,(H,24,27). The summed E-state index contributed by atoms with van der Waals surface area (Å²) in [6, 6.07) is 5.61. The summed E-state index contributed by atoms with van der Waals surface area (Å²) in [5.41, 5.74) is 1.87. The largest absolute Gasteiger partial charge is 0.486 e. The number of benzene rings is 1. The summed E-state index contributed by atoms with van der Waals surface area (Å²) in [5, 5.41) is 3.63.